The molecule has 3 aromatic rings. The number of amides is 2. The number of nitrogens with zero attached hydrogens (tertiary/aromatic N) is 2. The maximum absolute atomic E-state index is 14.2. The Morgan fingerprint density at radius 3 is 1.90 bits per heavy atom. The molecule has 0 radical (unpaired) electrons. The molecule has 3 aromatic carbocycles. The quantitative estimate of drug-likeness (QED) is 0.250. The van der Waals surface area contributed by atoms with Crippen molar-refractivity contribution in [2.75, 3.05) is 10.8 Å². The van der Waals surface area contributed by atoms with Gasteiger partial charge in [0.1, 0.15) is 12.6 Å². The van der Waals surface area contributed by atoms with Crippen LogP contribution in [0.4, 0.5) is 5.69 Å². The zero-order valence-corrected chi connectivity index (χ0v) is 26.4. The maximum atomic E-state index is 14.2. The van der Waals surface area contributed by atoms with Gasteiger partial charge in [0.15, 0.2) is 0 Å². The molecule has 0 heterocycles. The third-order valence-electron chi connectivity index (χ3n) is 6.99. The third kappa shape index (κ3) is 8.03. The van der Waals surface area contributed by atoms with Gasteiger partial charge >= 0.3 is 0 Å². The van der Waals surface area contributed by atoms with Crippen molar-refractivity contribution in [1.82, 2.24) is 10.2 Å². The van der Waals surface area contributed by atoms with E-state index >= 15 is 0 Å². The summed E-state index contributed by atoms with van der Waals surface area (Å²) in [5, 5.41) is 3.64. The Kier molecular flexibility index (Phi) is 11.2. The van der Waals surface area contributed by atoms with E-state index in [4.69, 9.17) is 23.2 Å². The van der Waals surface area contributed by atoms with Crippen molar-refractivity contribution in [3.8, 4) is 0 Å². The molecule has 0 fully saturated rings. The van der Waals surface area contributed by atoms with Crippen molar-refractivity contribution >= 4 is 50.7 Å². The topological polar surface area (TPSA) is 86.8 Å². The summed E-state index contributed by atoms with van der Waals surface area (Å²) in [7, 11) is -4.14. The molecule has 0 aliphatic rings. The molecule has 220 valence electrons. The van der Waals surface area contributed by atoms with Crippen molar-refractivity contribution in [3.63, 3.8) is 0 Å². The molecule has 3 rings (SSSR count). The number of rotatable bonds is 12. The van der Waals surface area contributed by atoms with Gasteiger partial charge in [0.05, 0.1) is 10.6 Å². The Hall–Kier alpha value is -3.07. The minimum Gasteiger partial charge on any atom is -0.352 e. The van der Waals surface area contributed by atoms with E-state index in [2.05, 4.69) is 5.32 Å². The predicted molar refractivity (Wildman–Crippen MR) is 166 cm³/mol. The molecule has 2 atom stereocenters. The molecule has 2 amide bonds. The molecule has 0 spiro atoms. The minimum atomic E-state index is -4.14. The zero-order valence-electron chi connectivity index (χ0n) is 24.0. The molecule has 0 aromatic heterocycles. The number of carbonyl (C=O) groups excluding carboxylic acids is 2. The minimum absolute atomic E-state index is 0.0544. The number of nitrogens with one attached hydrogen (secondary N) is 1. The van der Waals surface area contributed by atoms with Crippen LogP contribution in [0.3, 0.4) is 0 Å². The molecule has 0 saturated heterocycles. The summed E-state index contributed by atoms with van der Waals surface area (Å²) >= 11 is 12.9. The first kappa shape index (κ1) is 32.4. The molecule has 0 aliphatic carbocycles. The van der Waals surface area contributed by atoms with E-state index in [0.717, 1.165) is 15.4 Å². The van der Waals surface area contributed by atoms with Crippen LogP contribution >= 0.6 is 23.2 Å². The van der Waals surface area contributed by atoms with E-state index in [9.17, 15) is 18.0 Å². The van der Waals surface area contributed by atoms with Gasteiger partial charge < -0.3 is 10.2 Å². The van der Waals surface area contributed by atoms with Crippen LogP contribution in [0.15, 0.2) is 71.6 Å². The van der Waals surface area contributed by atoms with Crippen molar-refractivity contribution < 1.29 is 18.0 Å². The van der Waals surface area contributed by atoms with E-state index in [0.29, 0.717) is 34.1 Å². The van der Waals surface area contributed by atoms with E-state index in [1.807, 2.05) is 27.7 Å². The average molecular weight is 619 g/mol. The number of carbonyl (C=O) groups is 2. The smallest absolute Gasteiger partial charge is 0.264 e. The summed E-state index contributed by atoms with van der Waals surface area (Å²) in [6.07, 6.45) is 1.01. The largest absolute Gasteiger partial charge is 0.352 e. The maximum Gasteiger partial charge on any atom is 0.264 e. The first-order valence-corrected chi connectivity index (χ1v) is 15.8. The van der Waals surface area contributed by atoms with Crippen LogP contribution in [0.5, 0.6) is 0 Å². The lowest BCUT2D eigenvalue weighted by Gasteiger charge is -2.34. The summed E-state index contributed by atoms with van der Waals surface area (Å²) in [6.45, 7) is 8.79. The van der Waals surface area contributed by atoms with E-state index in [-0.39, 0.29) is 23.4 Å². The van der Waals surface area contributed by atoms with Gasteiger partial charge in [0.25, 0.3) is 10.0 Å². The van der Waals surface area contributed by atoms with Gasteiger partial charge in [-0.25, -0.2) is 8.42 Å². The average Bonchev–Trinajstić information content (AvgIpc) is 2.93. The number of anilines is 1. The molecule has 0 saturated carbocycles. The van der Waals surface area contributed by atoms with Gasteiger partial charge in [-0.1, -0.05) is 78.5 Å². The number of halogens is 2. The molecule has 0 unspecified atom stereocenters. The van der Waals surface area contributed by atoms with Crippen molar-refractivity contribution in [3.05, 3.63) is 93.5 Å². The van der Waals surface area contributed by atoms with Crippen LogP contribution in [0.25, 0.3) is 0 Å². The molecule has 41 heavy (non-hydrogen) atoms. The van der Waals surface area contributed by atoms with E-state index in [1.165, 1.54) is 17.0 Å². The lowest BCUT2D eigenvalue weighted by atomic mass is 10.1. The molecule has 1 N–H and O–H groups in total. The van der Waals surface area contributed by atoms with Gasteiger partial charge in [-0.15, -0.1) is 0 Å². The highest BCUT2D eigenvalue weighted by Crippen LogP contribution is 2.29. The summed E-state index contributed by atoms with van der Waals surface area (Å²) in [5.74, 6) is -0.898. The molecular formula is C31H37Cl2N3O4S. The second kappa shape index (κ2) is 14.2. The van der Waals surface area contributed by atoms with Gasteiger partial charge in [-0.05, 0) is 70.0 Å². The standard InChI is InChI=1S/C31H37Cl2N3O4S/c1-6-23(5)34-31(38)29(7-2)35(19-26-27(32)9-8-10-28(26)33)30(37)20-36(24-15-11-21(3)12-16-24)41(39,40)25-17-13-22(4)14-18-25/h8-18,23,29H,6-7,19-20H2,1-5H3,(H,34,38)/t23-,29+/m1/s1. The first-order valence-electron chi connectivity index (χ1n) is 13.6. The van der Waals surface area contributed by atoms with Crippen LogP contribution in [0.1, 0.15) is 50.3 Å². The number of sulfonamides is 1. The third-order valence-corrected chi connectivity index (χ3v) is 9.48. The second-order valence-electron chi connectivity index (χ2n) is 10.1. The fourth-order valence-corrected chi connectivity index (χ4v) is 6.22. The fourth-order valence-electron chi connectivity index (χ4n) is 4.29. The molecule has 0 aliphatic heterocycles. The molecule has 7 nitrogen and oxygen atoms in total. The molecule has 0 bridgehead atoms. The Balaban J connectivity index is 2.09. The highest BCUT2D eigenvalue weighted by molar-refractivity contribution is 7.92. The summed E-state index contributed by atoms with van der Waals surface area (Å²) in [4.78, 5) is 29.0. The van der Waals surface area contributed by atoms with Crippen molar-refractivity contribution in [2.45, 2.75) is 71.0 Å². The summed E-state index contributed by atoms with van der Waals surface area (Å²) in [5.41, 5.74) is 2.65. The van der Waals surface area contributed by atoms with Crippen LogP contribution in [0, 0.1) is 13.8 Å². The van der Waals surface area contributed by atoms with Crippen LogP contribution in [0.2, 0.25) is 10.0 Å². The first-order chi connectivity index (χ1) is 19.4. The zero-order chi connectivity index (χ0) is 30.3. The van der Waals surface area contributed by atoms with Crippen molar-refractivity contribution in [1.29, 1.82) is 0 Å². The summed E-state index contributed by atoms with van der Waals surface area (Å²) in [6, 6.07) is 17.4. The number of hydrogen-bond donors (Lipinski definition) is 1. The monoisotopic (exact) mass is 617 g/mol. The van der Waals surface area contributed by atoms with Gasteiger partial charge in [-0.2, -0.15) is 0 Å². The normalized spacial score (nSPS) is 12.9. The van der Waals surface area contributed by atoms with Crippen LogP contribution in [-0.4, -0.2) is 43.8 Å². The van der Waals surface area contributed by atoms with Crippen LogP contribution in [-0.2, 0) is 26.2 Å². The number of benzene rings is 3. The lowest BCUT2D eigenvalue weighted by Crippen LogP contribution is -2.53. The summed E-state index contributed by atoms with van der Waals surface area (Å²) < 4.78 is 29.0. The van der Waals surface area contributed by atoms with Crippen molar-refractivity contribution in [2.24, 2.45) is 0 Å². The van der Waals surface area contributed by atoms with Gasteiger partial charge in [-0.3, -0.25) is 13.9 Å². The molecular weight excluding hydrogens is 581 g/mol. The van der Waals surface area contributed by atoms with Gasteiger partial charge in [0.2, 0.25) is 11.8 Å². The Morgan fingerprint density at radius 1 is 0.854 bits per heavy atom. The number of hydrogen-bond acceptors (Lipinski definition) is 4. The Morgan fingerprint density at radius 2 is 1.39 bits per heavy atom. The van der Waals surface area contributed by atoms with E-state index < -0.39 is 28.5 Å². The lowest BCUT2D eigenvalue weighted by molar-refractivity contribution is -0.140. The van der Waals surface area contributed by atoms with Crippen LogP contribution < -0.4 is 9.62 Å². The number of aryl methyl sites for hydroxylation is 2. The SMILES string of the molecule is CC[C@@H](C)NC(=O)[C@H](CC)N(Cc1c(Cl)cccc1Cl)C(=O)CN(c1ccc(C)cc1)S(=O)(=O)c1ccc(C)cc1. The Labute approximate surface area is 253 Å². The Bertz CT molecular complexity index is 1440. The highest BCUT2D eigenvalue weighted by Gasteiger charge is 2.34. The second-order valence-corrected chi connectivity index (χ2v) is 12.8. The predicted octanol–water partition coefficient (Wildman–Crippen LogP) is 6.53. The van der Waals surface area contributed by atoms with Gasteiger partial charge in [0, 0.05) is 28.2 Å². The fraction of sp³-hybridized carbons (Fsp3) is 0.355. The van der Waals surface area contributed by atoms with E-state index in [1.54, 1.807) is 61.5 Å². The molecule has 10 heteroatoms. The highest BCUT2D eigenvalue weighted by atomic mass is 35.5.